The Morgan fingerprint density at radius 3 is 2.48 bits per heavy atom. The molecule has 0 bridgehead atoms. The quantitative estimate of drug-likeness (QED) is 0.722. The maximum absolute atomic E-state index is 12.2. The molecule has 0 fully saturated rings. The Morgan fingerprint density at radius 2 is 1.91 bits per heavy atom. The molecule has 2 aromatic rings. The van der Waals surface area contributed by atoms with Crippen LogP contribution in [0.15, 0.2) is 27.6 Å². The van der Waals surface area contributed by atoms with Gasteiger partial charge in [-0.15, -0.1) is 0 Å². The van der Waals surface area contributed by atoms with E-state index in [1.165, 1.54) is 0 Å². The molecule has 1 N–H and O–H groups in total. The van der Waals surface area contributed by atoms with Crippen LogP contribution in [0, 0.1) is 13.8 Å². The van der Waals surface area contributed by atoms with E-state index in [1.54, 1.807) is 43.8 Å². The Hall–Kier alpha value is -0.730. The van der Waals surface area contributed by atoms with Crippen molar-refractivity contribution in [1.82, 2.24) is 9.88 Å². The zero-order chi connectivity index (χ0) is 17.0. The second-order valence-electron chi connectivity index (χ2n) is 4.80. The van der Waals surface area contributed by atoms with E-state index in [-0.39, 0.29) is 10.7 Å². The predicted molar refractivity (Wildman–Crippen MR) is 93.8 cm³/mol. The van der Waals surface area contributed by atoms with Crippen molar-refractivity contribution in [2.24, 2.45) is 0 Å². The molecule has 0 radical (unpaired) electrons. The van der Waals surface area contributed by atoms with Gasteiger partial charge in [0.05, 0.1) is 0 Å². The first kappa shape index (κ1) is 18.6. The van der Waals surface area contributed by atoms with Gasteiger partial charge in [0.15, 0.2) is 5.76 Å². The van der Waals surface area contributed by atoms with Crippen LogP contribution in [0.5, 0.6) is 0 Å². The number of rotatable bonds is 7. The number of benzene rings is 1. The highest BCUT2D eigenvalue weighted by Gasteiger charge is 2.23. The van der Waals surface area contributed by atoms with Gasteiger partial charge >= 0.3 is 0 Å². The van der Waals surface area contributed by atoms with Crippen molar-refractivity contribution in [1.29, 1.82) is 0 Å². The fourth-order valence-corrected chi connectivity index (χ4v) is 5.10. The zero-order valence-corrected chi connectivity index (χ0v) is 15.7. The minimum absolute atomic E-state index is 0.108. The Bertz CT molecular complexity index is 752. The molecular weight excluding hydrogens is 379 g/mol. The lowest BCUT2D eigenvalue weighted by molar-refractivity contribution is 0.390. The first-order valence-corrected chi connectivity index (χ1v) is 10.2. The third kappa shape index (κ3) is 4.64. The smallest absolute Gasteiger partial charge is 0.245 e. The van der Waals surface area contributed by atoms with Crippen molar-refractivity contribution in [3.8, 4) is 0 Å². The highest BCUT2D eigenvalue weighted by atomic mass is 35.5. The van der Waals surface area contributed by atoms with Gasteiger partial charge in [-0.3, -0.25) is 0 Å². The van der Waals surface area contributed by atoms with E-state index >= 15 is 0 Å². The van der Waals surface area contributed by atoms with Gasteiger partial charge in [-0.1, -0.05) is 34.4 Å². The molecule has 0 aliphatic rings. The van der Waals surface area contributed by atoms with Crippen LogP contribution in [-0.2, 0) is 15.8 Å². The van der Waals surface area contributed by atoms with Crippen LogP contribution in [0.25, 0.3) is 0 Å². The number of hydrogen-bond donors (Lipinski definition) is 1. The summed E-state index contributed by atoms with van der Waals surface area (Å²) in [5, 5.41) is 4.88. The molecule has 9 heteroatoms. The van der Waals surface area contributed by atoms with Crippen molar-refractivity contribution in [3.05, 3.63) is 45.3 Å². The van der Waals surface area contributed by atoms with Crippen molar-refractivity contribution in [2.75, 3.05) is 12.3 Å². The Morgan fingerprint density at radius 1 is 1.26 bits per heavy atom. The molecule has 2 rings (SSSR count). The Labute approximate surface area is 149 Å². The predicted octanol–water partition coefficient (Wildman–Crippen LogP) is 3.81. The second-order valence-corrected chi connectivity index (χ2v) is 8.43. The molecule has 23 heavy (non-hydrogen) atoms. The summed E-state index contributed by atoms with van der Waals surface area (Å²) in [6, 6.07) is 5.35. The fourth-order valence-electron chi connectivity index (χ4n) is 2.02. The summed E-state index contributed by atoms with van der Waals surface area (Å²) in [4.78, 5) is 0.108. The van der Waals surface area contributed by atoms with Crippen LogP contribution in [0.4, 0.5) is 0 Å². The van der Waals surface area contributed by atoms with Crippen LogP contribution < -0.4 is 4.72 Å². The van der Waals surface area contributed by atoms with E-state index in [0.29, 0.717) is 33.8 Å². The normalized spacial score (nSPS) is 11.8. The van der Waals surface area contributed by atoms with Gasteiger partial charge in [-0.2, -0.15) is 11.8 Å². The third-order valence-electron chi connectivity index (χ3n) is 3.08. The van der Waals surface area contributed by atoms with E-state index < -0.39 is 10.0 Å². The molecule has 0 saturated carbocycles. The molecular formula is C14H16Cl2N2O3S2. The summed E-state index contributed by atoms with van der Waals surface area (Å²) in [6.45, 7) is 3.46. The fraction of sp³-hybridized carbons (Fsp3) is 0.357. The summed E-state index contributed by atoms with van der Waals surface area (Å²) in [5.74, 6) is 1.49. The number of halogens is 2. The number of hydrogen-bond acceptors (Lipinski definition) is 5. The highest BCUT2D eigenvalue weighted by molar-refractivity contribution is 7.98. The maximum Gasteiger partial charge on any atom is 0.245 e. The first-order valence-electron chi connectivity index (χ1n) is 6.76. The van der Waals surface area contributed by atoms with Gasteiger partial charge < -0.3 is 4.52 Å². The summed E-state index contributed by atoms with van der Waals surface area (Å²) in [6.07, 6.45) is 0. The maximum atomic E-state index is 12.2. The van der Waals surface area contributed by atoms with Crippen LogP contribution >= 0.6 is 35.0 Å². The molecule has 1 aromatic carbocycles. The van der Waals surface area contributed by atoms with Gasteiger partial charge in [0.1, 0.15) is 10.6 Å². The SMILES string of the molecule is Cc1noc(C)c1S(=O)(=O)NCCSCc1c(Cl)cccc1Cl. The summed E-state index contributed by atoms with van der Waals surface area (Å²) in [7, 11) is -3.61. The van der Waals surface area contributed by atoms with Crippen molar-refractivity contribution < 1.29 is 12.9 Å². The van der Waals surface area contributed by atoms with Crippen LogP contribution in [0.1, 0.15) is 17.0 Å². The lowest BCUT2D eigenvalue weighted by atomic mass is 10.2. The van der Waals surface area contributed by atoms with Crippen molar-refractivity contribution in [3.63, 3.8) is 0 Å². The van der Waals surface area contributed by atoms with Crippen molar-refractivity contribution in [2.45, 2.75) is 24.5 Å². The Balaban J connectivity index is 1.86. The Kier molecular flexibility index (Phi) is 6.39. The number of nitrogens with zero attached hydrogens (tertiary/aromatic N) is 1. The largest absolute Gasteiger partial charge is 0.360 e. The molecule has 0 saturated heterocycles. The van der Waals surface area contributed by atoms with Crippen molar-refractivity contribution >= 4 is 45.0 Å². The van der Waals surface area contributed by atoms with Crippen LogP contribution in [-0.4, -0.2) is 25.9 Å². The van der Waals surface area contributed by atoms with Gasteiger partial charge in [-0.05, 0) is 31.5 Å². The van der Waals surface area contributed by atoms with E-state index in [2.05, 4.69) is 9.88 Å². The molecule has 0 spiro atoms. The van der Waals surface area contributed by atoms with Gasteiger partial charge in [0.2, 0.25) is 10.0 Å². The lowest BCUT2D eigenvalue weighted by Gasteiger charge is -2.08. The lowest BCUT2D eigenvalue weighted by Crippen LogP contribution is -2.26. The molecule has 0 amide bonds. The molecule has 1 heterocycles. The highest BCUT2D eigenvalue weighted by Crippen LogP contribution is 2.28. The molecule has 0 aliphatic carbocycles. The number of thioether (sulfide) groups is 1. The van der Waals surface area contributed by atoms with Crippen LogP contribution in [0.2, 0.25) is 10.0 Å². The minimum Gasteiger partial charge on any atom is -0.360 e. The van der Waals surface area contributed by atoms with E-state index in [0.717, 1.165) is 5.56 Å². The summed E-state index contributed by atoms with van der Waals surface area (Å²) in [5.41, 5.74) is 1.21. The minimum atomic E-state index is -3.61. The van der Waals surface area contributed by atoms with Gasteiger partial charge in [0, 0.05) is 28.1 Å². The molecule has 0 atom stereocenters. The van der Waals surface area contributed by atoms with Gasteiger partial charge in [-0.25, -0.2) is 13.1 Å². The molecule has 126 valence electrons. The van der Waals surface area contributed by atoms with E-state index in [9.17, 15) is 8.42 Å². The van der Waals surface area contributed by atoms with Gasteiger partial charge in [0.25, 0.3) is 0 Å². The molecule has 1 aromatic heterocycles. The third-order valence-corrected chi connectivity index (χ3v) is 6.48. The average Bonchev–Trinajstić information content (AvgIpc) is 2.81. The molecule has 0 unspecified atom stereocenters. The monoisotopic (exact) mass is 394 g/mol. The van der Waals surface area contributed by atoms with Crippen LogP contribution in [0.3, 0.4) is 0 Å². The molecule has 0 aliphatic heterocycles. The van der Waals surface area contributed by atoms with E-state index in [1.807, 2.05) is 0 Å². The second kappa shape index (κ2) is 7.90. The van der Waals surface area contributed by atoms with E-state index in [4.69, 9.17) is 27.7 Å². The standard InChI is InChI=1S/C14H16Cl2N2O3S2/c1-9-14(10(2)21-18-9)23(19,20)17-6-7-22-8-11-12(15)4-3-5-13(11)16/h3-5,17H,6-8H2,1-2H3. The topological polar surface area (TPSA) is 72.2 Å². The number of aryl methyl sites for hydroxylation is 2. The molecule has 5 nitrogen and oxygen atoms in total. The summed E-state index contributed by atoms with van der Waals surface area (Å²) >= 11 is 13.7. The summed E-state index contributed by atoms with van der Waals surface area (Å²) < 4.78 is 31.9. The average molecular weight is 395 g/mol. The number of aromatic nitrogens is 1. The first-order chi connectivity index (χ1) is 10.8. The number of sulfonamides is 1. The number of nitrogens with one attached hydrogen (secondary N) is 1. The zero-order valence-electron chi connectivity index (χ0n) is 12.6.